The van der Waals surface area contributed by atoms with Crippen LogP contribution < -0.4 is 0 Å². The molecular formula is C11H21NO3. The second kappa shape index (κ2) is 5.35. The third-order valence-electron chi connectivity index (χ3n) is 3.43. The fourth-order valence-corrected chi connectivity index (χ4v) is 2.15. The van der Waals surface area contributed by atoms with Crippen LogP contribution in [0.3, 0.4) is 0 Å². The summed E-state index contributed by atoms with van der Waals surface area (Å²) in [6.07, 6.45) is 4.10. The number of likely N-dealkylation sites (tertiary alicyclic amines) is 1. The summed E-state index contributed by atoms with van der Waals surface area (Å²) in [5, 5.41) is 17.5. The number of nitrogens with zero attached hydrogens (tertiary/aromatic N) is 1. The number of rotatable bonds is 4. The van der Waals surface area contributed by atoms with Gasteiger partial charge in [0.15, 0.2) is 0 Å². The van der Waals surface area contributed by atoms with Gasteiger partial charge < -0.3 is 15.1 Å². The lowest BCUT2D eigenvalue weighted by Gasteiger charge is -2.38. The lowest BCUT2D eigenvalue weighted by molar-refractivity contribution is 0.0911. The minimum absolute atomic E-state index is 0.261. The molecule has 0 aromatic heterocycles. The number of carbonyl (C=O) groups is 1. The molecule has 0 radical (unpaired) electrons. The van der Waals surface area contributed by atoms with Gasteiger partial charge in [-0.3, -0.25) is 0 Å². The van der Waals surface area contributed by atoms with Crippen molar-refractivity contribution in [2.45, 2.75) is 39.0 Å². The van der Waals surface area contributed by atoms with E-state index in [4.69, 9.17) is 10.2 Å². The highest BCUT2D eigenvalue weighted by molar-refractivity contribution is 5.65. The molecule has 1 aliphatic rings. The first-order valence-corrected chi connectivity index (χ1v) is 5.66. The van der Waals surface area contributed by atoms with Crippen molar-refractivity contribution in [3.8, 4) is 0 Å². The molecule has 4 nitrogen and oxygen atoms in total. The summed E-state index contributed by atoms with van der Waals surface area (Å²) >= 11 is 0. The summed E-state index contributed by atoms with van der Waals surface area (Å²) in [5.74, 6) is 0. The van der Waals surface area contributed by atoms with Crippen LogP contribution in [-0.2, 0) is 0 Å². The van der Waals surface area contributed by atoms with E-state index < -0.39 is 6.09 Å². The fraction of sp³-hybridized carbons (Fsp3) is 0.909. The number of hydrogen-bond acceptors (Lipinski definition) is 2. The molecule has 1 fully saturated rings. The van der Waals surface area contributed by atoms with Crippen LogP contribution in [0.2, 0.25) is 0 Å². The number of aliphatic hydroxyl groups is 1. The Morgan fingerprint density at radius 1 is 1.33 bits per heavy atom. The molecule has 1 aliphatic heterocycles. The van der Waals surface area contributed by atoms with Crippen molar-refractivity contribution in [1.82, 2.24) is 4.90 Å². The minimum Gasteiger partial charge on any atom is -0.465 e. The molecule has 2 N–H and O–H groups in total. The monoisotopic (exact) mass is 215 g/mol. The first-order chi connectivity index (χ1) is 7.07. The average Bonchev–Trinajstić information content (AvgIpc) is 2.18. The molecule has 1 amide bonds. The fourth-order valence-electron chi connectivity index (χ4n) is 2.15. The number of amides is 1. The van der Waals surface area contributed by atoms with Crippen LogP contribution in [0, 0.1) is 5.41 Å². The van der Waals surface area contributed by atoms with Crippen molar-refractivity contribution < 1.29 is 15.0 Å². The zero-order chi connectivity index (χ0) is 11.3. The smallest absolute Gasteiger partial charge is 0.407 e. The van der Waals surface area contributed by atoms with E-state index in [9.17, 15) is 4.79 Å². The second-order valence-corrected chi connectivity index (χ2v) is 4.76. The van der Waals surface area contributed by atoms with Crippen LogP contribution in [-0.4, -0.2) is 40.9 Å². The lowest BCUT2D eigenvalue weighted by atomic mass is 9.76. The van der Waals surface area contributed by atoms with Crippen molar-refractivity contribution in [2.75, 3.05) is 19.7 Å². The molecule has 0 aromatic carbocycles. The molecule has 15 heavy (non-hydrogen) atoms. The van der Waals surface area contributed by atoms with E-state index in [1.54, 1.807) is 0 Å². The summed E-state index contributed by atoms with van der Waals surface area (Å²) in [6.45, 7) is 3.80. The third-order valence-corrected chi connectivity index (χ3v) is 3.43. The molecule has 0 saturated carbocycles. The Bertz CT molecular complexity index is 210. The molecule has 0 bridgehead atoms. The van der Waals surface area contributed by atoms with E-state index in [2.05, 4.69) is 6.92 Å². The SMILES string of the molecule is CC1(CCCCO)CCN(C(=O)O)CC1. The van der Waals surface area contributed by atoms with E-state index in [0.717, 1.165) is 32.1 Å². The largest absolute Gasteiger partial charge is 0.465 e. The second-order valence-electron chi connectivity index (χ2n) is 4.76. The predicted octanol–water partition coefficient (Wildman–Crippen LogP) is 1.93. The summed E-state index contributed by atoms with van der Waals surface area (Å²) in [7, 11) is 0. The Morgan fingerprint density at radius 2 is 1.93 bits per heavy atom. The Hall–Kier alpha value is -0.770. The number of aliphatic hydroxyl groups excluding tert-OH is 1. The van der Waals surface area contributed by atoms with Gasteiger partial charge in [0, 0.05) is 19.7 Å². The molecule has 88 valence electrons. The van der Waals surface area contributed by atoms with E-state index in [-0.39, 0.29) is 12.0 Å². The maximum absolute atomic E-state index is 10.7. The van der Waals surface area contributed by atoms with Crippen molar-refractivity contribution in [1.29, 1.82) is 0 Å². The summed E-state index contributed by atoms with van der Waals surface area (Å²) in [5.41, 5.74) is 0.279. The van der Waals surface area contributed by atoms with Gasteiger partial charge in [0.2, 0.25) is 0 Å². The Morgan fingerprint density at radius 3 is 2.40 bits per heavy atom. The summed E-state index contributed by atoms with van der Waals surface area (Å²) in [4.78, 5) is 12.2. The summed E-state index contributed by atoms with van der Waals surface area (Å²) < 4.78 is 0. The van der Waals surface area contributed by atoms with E-state index in [1.165, 1.54) is 4.90 Å². The van der Waals surface area contributed by atoms with Crippen molar-refractivity contribution in [3.05, 3.63) is 0 Å². The third kappa shape index (κ3) is 3.70. The molecule has 1 rings (SSSR count). The average molecular weight is 215 g/mol. The van der Waals surface area contributed by atoms with Crippen LogP contribution in [0.5, 0.6) is 0 Å². The zero-order valence-electron chi connectivity index (χ0n) is 9.41. The summed E-state index contributed by atoms with van der Waals surface area (Å²) in [6, 6.07) is 0. The molecule has 0 aromatic rings. The molecule has 1 heterocycles. The predicted molar refractivity (Wildman–Crippen MR) is 57.9 cm³/mol. The highest BCUT2D eigenvalue weighted by Crippen LogP contribution is 2.35. The van der Waals surface area contributed by atoms with Crippen LogP contribution in [0.15, 0.2) is 0 Å². The molecule has 0 aliphatic carbocycles. The van der Waals surface area contributed by atoms with Gasteiger partial charge in [-0.2, -0.15) is 0 Å². The molecular weight excluding hydrogens is 194 g/mol. The van der Waals surface area contributed by atoms with Crippen molar-refractivity contribution in [3.63, 3.8) is 0 Å². The number of piperidine rings is 1. The highest BCUT2D eigenvalue weighted by Gasteiger charge is 2.30. The maximum Gasteiger partial charge on any atom is 0.407 e. The Labute approximate surface area is 90.9 Å². The topological polar surface area (TPSA) is 60.8 Å². The van der Waals surface area contributed by atoms with Gasteiger partial charge in [0.1, 0.15) is 0 Å². The number of hydrogen-bond donors (Lipinski definition) is 2. The van der Waals surface area contributed by atoms with E-state index >= 15 is 0 Å². The normalized spacial score (nSPS) is 20.3. The van der Waals surface area contributed by atoms with Gasteiger partial charge in [-0.25, -0.2) is 4.79 Å². The number of unbranched alkanes of at least 4 members (excludes halogenated alkanes) is 1. The zero-order valence-corrected chi connectivity index (χ0v) is 9.41. The van der Waals surface area contributed by atoms with E-state index in [1.807, 2.05) is 0 Å². The molecule has 0 atom stereocenters. The molecule has 0 spiro atoms. The van der Waals surface area contributed by atoms with Gasteiger partial charge in [-0.15, -0.1) is 0 Å². The standard InChI is InChI=1S/C11H21NO3/c1-11(4-2-3-9-13)5-7-12(8-6-11)10(14)15/h13H,2-9H2,1H3,(H,14,15). The molecule has 0 unspecified atom stereocenters. The van der Waals surface area contributed by atoms with Crippen molar-refractivity contribution in [2.24, 2.45) is 5.41 Å². The Balaban J connectivity index is 2.30. The van der Waals surface area contributed by atoms with Gasteiger partial charge in [-0.1, -0.05) is 13.3 Å². The van der Waals surface area contributed by atoms with E-state index in [0.29, 0.717) is 13.1 Å². The highest BCUT2D eigenvalue weighted by atomic mass is 16.4. The van der Waals surface area contributed by atoms with Gasteiger partial charge in [-0.05, 0) is 31.1 Å². The molecule has 1 saturated heterocycles. The first-order valence-electron chi connectivity index (χ1n) is 5.66. The van der Waals surface area contributed by atoms with Crippen LogP contribution in [0.25, 0.3) is 0 Å². The van der Waals surface area contributed by atoms with Gasteiger partial charge in [0.25, 0.3) is 0 Å². The van der Waals surface area contributed by atoms with Crippen molar-refractivity contribution >= 4 is 6.09 Å². The quantitative estimate of drug-likeness (QED) is 0.704. The van der Waals surface area contributed by atoms with Gasteiger partial charge in [0.05, 0.1) is 0 Å². The van der Waals surface area contributed by atoms with Crippen LogP contribution in [0.1, 0.15) is 39.0 Å². The minimum atomic E-state index is -0.799. The lowest BCUT2D eigenvalue weighted by Crippen LogP contribution is -2.41. The van der Waals surface area contributed by atoms with Gasteiger partial charge >= 0.3 is 6.09 Å². The van der Waals surface area contributed by atoms with Crippen LogP contribution >= 0.6 is 0 Å². The molecule has 4 heteroatoms. The Kier molecular flexibility index (Phi) is 4.39. The number of carboxylic acid groups (broad SMARTS) is 1. The van der Waals surface area contributed by atoms with Crippen LogP contribution in [0.4, 0.5) is 4.79 Å². The maximum atomic E-state index is 10.7. The first kappa shape index (κ1) is 12.3.